The quantitative estimate of drug-likeness (QED) is 0.856. The predicted octanol–water partition coefficient (Wildman–Crippen LogP) is 0.725. The normalized spacial score (nSPS) is 19.2. The van der Waals surface area contributed by atoms with Gasteiger partial charge in [-0.3, -0.25) is 14.5 Å². The summed E-state index contributed by atoms with van der Waals surface area (Å²) in [6.45, 7) is 1.76. The van der Waals surface area contributed by atoms with Crippen LogP contribution in [0.2, 0.25) is 0 Å². The van der Waals surface area contributed by atoms with Crippen molar-refractivity contribution in [3.8, 4) is 0 Å². The van der Waals surface area contributed by atoms with Gasteiger partial charge in [-0.05, 0) is 12.8 Å². The van der Waals surface area contributed by atoms with Crippen molar-refractivity contribution in [2.45, 2.75) is 32.2 Å². The average Bonchev–Trinajstić information content (AvgIpc) is 2.66. The van der Waals surface area contributed by atoms with Crippen LogP contribution in [0.1, 0.15) is 29.8 Å². The van der Waals surface area contributed by atoms with Gasteiger partial charge in [0.05, 0.1) is 12.2 Å². The summed E-state index contributed by atoms with van der Waals surface area (Å²) in [5, 5.41) is 3.60. The Morgan fingerprint density at radius 2 is 2.25 bits per heavy atom. The van der Waals surface area contributed by atoms with Gasteiger partial charge >= 0.3 is 0 Å². The molecule has 2 amide bonds. The highest BCUT2D eigenvalue weighted by Crippen LogP contribution is 2.31. The fraction of sp³-hybridized carbons (Fsp3) is 0.615. The number of aromatic nitrogens is 1. The van der Waals surface area contributed by atoms with Gasteiger partial charge in [-0.2, -0.15) is 0 Å². The first-order chi connectivity index (χ1) is 9.61. The molecule has 0 saturated heterocycles. The fourth-order valence-electron chi connectivity index (χ4n) is 2.54. The Morgan fingerprint density at radius 1 is 1.45 bits per heavy atom. The molecule has 108 valence electrons. The van der Waals surface area contributed by atoms with E-state index < -0.39 is 0 Å². The van der Waals surface area contributed by atoms with Crippen LogP contribution in [-0.4, -0.2) is 34.8 Å². The molecule has 3 N–H and O–H groups in total. The van der Waals surface area contributed by atoms with E-state index in [2.05, 4.69) is 10.3 Å². The summed E-state index contributed by atoms with van der Waals surface area (Å²) in [7, 11) is 0. The second kappa shape index (κ2) is 5.49. The summed E-state index contributed by atoms with van der Waals surface area (Å²) in [5.74, 6) is -0.0462. The number of nitrogens with two attached hydrogens (primary N) is 1. The molecule has 2 aliphatic rings. The standard InChI is InChI=1S/C13H18N4O2S/c14-11(18)7-17-5-4-9-10(6-17)20-13(15-9)16-12(19)8-2-1-3-8/h8H,1-7H2,(H2,14,18)(H,15,16,19). The number of amides is 2. The summed E-state index contributed by atoms with van der Waals surface area (Å²) in [6.07, 6.45) is 3.93. The number of hydrogen-bond donors (Lipinski definition) is 2. The predicted molar refractivity (Wildman–Crippen MR) is 76.3 cm³/mol. The van der Waals surface area contributed by atoms with Gasteiger partial charge in [0.1, 0.15) is 0 Å². The van der Waals surface area contributed by atoms with E-state index in [0.29, 0.717) is 11.7 Å². The van der Waals surface area contributed by atoms with Crippen LogP contribution < -0.4 is 11.1 Å². The van der Waals surface area contributed by atoms with E-state index in [1.807, 2.05) is 4.90 Å². The second-order valence-electron chi connectivity index (χ2n) is 5.43. The van der Waals surface area contributed by atoms with Crippen molar-refractivity contribution in [2.24, 2.45) is 11.7 Å². The summed E-state index contributed by atoms with van der Waals surface area (Å²) in [5.41, 5.74) is 6.26. The van der Waals surface area contributed by atoms with Gasteiger partial charge in [0.2, 0.25) is 11.8 Å². The van der Waals surface area contributed by atoms with Crippen LogP contribution in [0, 0.1) is 5.92 Å². The Kier molecular flexibility index (Phi) is 3.71. The van der Waals surface area contributed by atoms with Crippen molar-refractivity contribution in [1.29, 1.82) is 0 Å². The fourth-order valence-corrected chi connectivity index (χ4v) is 3.59. The lowest BCUT2D eigenvalue weighted by Gasteiger charge is -2.24. The van der Waals surface area contributed by atoms with E-state index in [1.165, 1.54) is 11.3 Å². The molecule has 6 nitrogen and oxygen atoms in total. The Morgan fingerprint density at radius 3 is 2.90 bits per heavy atom. The maximum Gasteiger partial charge on any atom is 0.231 e. The van der Waals surface area contributed by atoms with Crippen molar-refractivity contribution in [1.82, 2.24) is 9.88 Å². The molecule has 20 heavy (non-hydrogen) atoms. The van der Waals surface area contributed by atoms with Gasteiger partial charge in [-0.25, -0.2) is 4.98 Å². The van der Waals surface area contributed by atoms with Crippen molar-refractivity contribution < 1.29 is 9.59 Å². The lowest BCUT2D eigenvalue weighted by molar-refractivity contribution is -0.122. The van der Waals surface area contributed by atoms with Crippen LogP contribution in [0.25, 0.3) is 0 Å². The Bertz CT molecular complexity index is 538. The Labute approximate surface area is 121 Å². The maximum absolute atomic E-state index is 11.9. The van der Waals surface area contributed by atoms with Crippen molar-refractivity contribution in [3.05, 3.63) is 10.6 Å². The van der Waals surface area contributed by atoms with Gasteiger partial charge in [0.15, 0.2) is 5.13 Å². The average molecular weight is 294 g/mol. The van der Waals surface area contributed by atoms with Crippen molar-refractivity contribution >= 4 is 28.3 Å². The summed E-state index contributed by atoms with van der Waals surface area (Å²) in [4.78, 5) is 30.5. The molecule has 0 atom stereocenters. The first-order valence-corrected chi connectivity index (χ1v) is 7.73. The van der Waals surface area contributed by atoms with E-state index in [-0.39, 0.29) is 24.3 Å². The largest absolute Gasteiger partial charge is 0.369 e. The number of hydrogen-bond acceptors (Lipinski definition) is 5. The van der Waals surface area contributed by atoms with Gasteiger partial charge in [0.25, 0.3) is 0 Å². The minimum Gasteiger partial charge on any atom is -0.369 e. The van der Waals surface area contributed by atoms with E-state index in [9.17, 15) is 9.59 Å². The molecule has 1 aliphatic heterocycles. The minimum atomic E-state index is -0.309. The first-order valence-electron chi connectivity index (χ1n) is 6.92. The number of nitrogens with zero attached hydrogens (tertiary/aromatic N) is 2. The number of fused-ring (bicyclic) bond motifs is 1. The molecule has 0 spiro atoms. The van der Waals surface area contributed by atoms with Crippen LogP contribution in [0.4, 0.5) is 5.13 Å². The van der Waals surface area contributed by atoms with Crippen LogP contribution in [-0.2, 0) is 22.6 Å². The topological polar surface area (TPSA) is 88.3 Å². The first kappa shape index (κ1) is 13.5. The number of primary amides is 1. The van der Waals surface area contributed by atoms with E-state index in [1.54, 1.807) is 0 Å². The molecule has 0 bridgehead atoms. The zero-order valence-corrected chi connectivity index (χ0v) is 12.0. The van der Waals surface area contributed by atoms with Crippen LogP contribution in [0.5, 0.6) is 0 Å². The van der Waals surface area contributed by atoms with E-state index >= 15 is 0 Å². The molecule has 0 aromatic carbocycles. The highest BCUT2D eigenvalue weighted by Gasteiger charge is 2.27. The molecule has 1 fully saturated rings. The molecule has 3 rings (SSSR count). The van der Waals surface area contributed by atoms with Gasteiger partial charge in [-0.1, -0.05) is 6.42 Å². The number of thiazole rings is 1. The summed E-state index contributed by atoms with van der Waals surface area (Å²) >= 11 is 1.51. The number of rotatable bonds is 4. The lowest BCUT2D eigenvalue weighted by Crippen LogP contribution is -2.37. The second-order valence-corrected chi connectivity index (χ2v) is 6.52. The highest BCUT2D eigenvalue weighted by atomic mass is 32.1. The van der Waals surface area contributed by atoms with E-state index in [0.717, 1.165) is 42.8 Å². The smallest absolute Gasteiger partial charge is 0.231 e. The summed E-state index contributed by atoms with van der Waals surface area (Å²) < 4.78 is 0. The van der Waals surface area contributed by atoms with Crippen molar-refractivity contribution in [2.75, 3.05) is 18.4 Å². The molecule has 1 aromatic rings. The molecule has 1 aromatic heterocycles. The lowest BCUT2D eigenvalue weighted by atomic mass is 9.85. The van der Waals surface area contributed by atoms with Gasteiger partial charge < -0.3 is 11.1 Å². The number of nitrogens with one attached hydrogen (secondary N) is 1. The van der Waals surface area contributed by atoms with Crippen molar-refractivity contribution in [3.63, 3.8) is 0 Å². The summed E-state index contributed by atoms with van der Waals surface area (Å²) in [6, 6.07) is 0. The highest BCUT2D eigenvalue weighted by molar-refractivity contribution is 7.15. The molecule has 1 aliphatic carbocycles. The zero-order valence-electron chi connectivity index (χ0n) is 11.2. The zero-order chi connectivity index (χ0) is 14.1. The molecule has 1 saturated carbocycles. The van der Waals surface area contributed by atoms with E-state index in [4.69, 9.17) is 5.73 Å². The Balaban J connectivity index is 1.63. The monoisotopic (exact) mass is 294 g/mol. The Hall–Kier alpha value is -1.47. The SMILES string of the molecule is NC(=O)CN1CCc2nc(NC(=O)C3CCC3)sc2C1. The molecular formula is C13H18N4O2S. The van der Waals surface area contributed by atoms with Crippen LogP contribution in [0.15, 0.2) is 0 Å². The molecule has 0 unspecified atom stereocenters. The minimum absolute atomic E-state index is 0.0938. The number of anilines is 1. The van der Waals surface area contributed by atoms with Gasteiger partial charge in [0, 0.05) is 30.3 Å². The number of carbonyl (C=O) groups is 2. The molecule has 7 heteroatoms. The van der Waals surface area contributed by atoms with Crippen LogP contribution in [0.3, 0.4) is 0 Å². The molecule has 0 radical (unpaired) electrons. The molecular weight excluding hydrogens is 276 g/mol. The third kappa shape index (κ3) is 2.83. The van der Waals surface area contributed by atoms with Crippen LogP contribution >= 0.6 is 11.3 Å². The molecule has 2 heterocycles. The third-order valence-corrected chi connectivity index (χ3v) is 4.89. The third-order valence-electron chi connectivity index (χ3n) is 3.90. The number of carbonyl (C=O) groups excluding carboxylic acids is 2. The van der Waals surface area contributed by atoms with Gasteiger partial charge in [-0.15, -0.1) is 11.3 Å². The maximum atomic E-state index is 11.9.